The van der Waals surface area contributed by atoms with Crippen molar-refractivity contribution in [2.24, 2.45) is 5.92 Å². The lowest BCUT2D eigenvalue weighted by molar-refractivity contribution is -0.134. The molecule has 2 aliphatic rings. The Morgan fingerprint density at radius 2 is 1.75 bits per heavy atom. The van der Waals surface area contributed by atoms with Crippen molar-refractivity contribution in [3.63, 3.8) is 0 Å². The molecule has 3 heterocycles. The quantitative estimate of drug-likeness (QED) is 0.860. The normalized spacial score (nSPS) is 23.2. The summed E-state index contributed by atoms with van der Waals surface area (Å²) in [6.45, 7) is 2.46. The maximum Gasteiger partial charge on any atom is 0.254 e. The number of rotatable bonds is 3. The molecule has 2 fully saturated rings. The van der Waals surface area contributed by atoms with Gasteiger partial charge in [-0.2, -0.15) is 0 Å². The number of hydrogen-bond acceptors (Lipinski definition) is 4. The Labute approximate surface area is 144 Å². The molecular formula is C18H19N3O2S. The Kier molecular flexibility index (Phi) is 4.06. The van der Waals surface area contributed by atoms with Crippen LogP contribution in [-0.2, 0) is 4.79 Å². The number of nitrogens with zero attached hydrogens (tertiary/aromatic N) is 3. The van der Waals surface area contributed by atoms with E-state index < -0.39 is 0 Å². The van der Waals surface area contributed by atoms with Crippen molar-refractivity contribution in [2.75, 3.05) is 26.2 Å². The standard InChI is InChI=1S/C18H19N3O2S/c22-17(13-3-5-19-6-4-13)20-7-9-21(10-8-20)18(23)15-12-14(15)16-2-1-11-24-16/h1-6,11,14-15H,7-10,12H2. The van der Waals surface area contributed by atoms with Gasteiger partial charge in [-0.05, 0) is 30.0 Å². The summed E-state index contributed by atoms with van der Waals surface area (Å²) in [6, 6.07) is 7.63. The van der Waals surface area contributed by atoms with Crippen LogP contribution < -0.4 is 0 Å². The zero-order valence-electron chi connectivity index (χ0n) is 13.3. The zero-order valence-corrected chi connectivity index (χ0v) is 14.1. The van der Waals surface area contributed by atoms with Crippen molar-refractivity contribution in [2.45, 2.75) is 12.3 Å². The molecule has 2 unspecified atom stereocenters. The Morgan fingerprint density at radius 1 is 1.04 bits per heavy atom. The molecule has 2 atom stereocenters. The average Bonchev–Trinajstić information content (AvgIpc) is 3.26. The van der Waals surface area contributed by atoms with Crippen molar-refractivity contribution in [1.29, 1.82) is 0 Å². The minimum atomic E-state index is 0.0207. The lowest BCUT2D eigenvalue weighted by atomic mass is 10.2. The molecule has 0 bridgehead atoms. The third kappa shape index (κ3) is 2.94. The number of carbonyl (C=O) groups is 2. The fourth-order valence-corrected chi connectivity index (χ4v) is 4.23. The molecule has 1 saturated carbocycles. The number of amides is 2. The predicted octanol–water partition coefficient (Wildman–Crippen LogP) is 2.23. The van der Waals surface area contributed by atoms with Crippen molar-refractivity contribution in [3.8, 4) is 0 Å². The van der Waals surface area contributed by atoms with Gasteiger partial charge >= 0.3 is 0 Å². The first-order valence-electron chi connectivity index (χ1n) is 8.25. The lowest BCUT2D eigenvalue weighted by Crippen LogP contribution is -2.51. The topological polar surface area (TPSA) is 53.5 Å². The first-order chi connectivity index (χ1) is 11.7. The molecule has 5 nitrogen and oxygen atoms in total. The van der Waals surface area contributed by atoms with E-state index in [2.05, 4.69) is 16.4 Å². The van der Waals surface area contributed by atoms with E-state index in [0.29, 0.717) is 37.7 Å². The molecule has 6 heteroatoms. The summed E-state index contributed by atoms with van der Waals surface area (Å²) in [5.74, 6) is 0.830. The SMILES string of the molecule is O=C(c1ccncc1)N1CCN(C(=O)C2CC2c2cccs2)CC1. The van der Waals surface area contributed by atoms with Crippen molar-refractivity contribution in [3.05, 3.63) is 52.5 Å². The first kappa shape index (κ1) is 15.3. The van der Waals surface area contributed by atoms with Crippen molar-refractivity contribution >= 4 is 23.2 Å². The molecule has 1 saturated heterocycles. The molecule has 0 N–H and O–H groups in total. The highest BCUT2D eigenvalue weighted by atomic mass is 32.1. The van der Waals surface area contributed by atoms with E-state index in [-0.39, 0.29) is 17.7 Å². The molecule has 0 spiro atoms. The van der Waals surface area contributed by atoms with Crippen molar-refractivity contribution < 1.29 is 9.59 Å². The maximum atomic E-state index is 12.6. The summed E-state index contributed by atoms with van der Waals surface area (Å²) < 4.78 is 0. The Balaban J connectivity index is 1.32. The molecule has 124 valence electrons. The van der Waals surface area contributed by atoms with Crippen LogP contribution in [0.25, 0.3) is 0 Å². The van der Waals surface area contributed by atoms with Crippen LogP contribution in [0, 0.1) is 5.92 Å². The third-order valence-electron chi connectivity index (χ3n) is 4.82. The van der Waals surface area contributed by atoms with E-state index >= 15 is 0 Å². The van der Waals surface area contributed by atoms with Crippen LogP contribution in [0.4, 0.5) is 0 Å². The molecule has 0 radical (unpaired) electrons. The molecule has 1 aliphatic heterocycles. The Morgan fingerprint density at radius 3 is 2.42 bits per heavy atom. The van der Waals surface area contributed by atoms with E-state index in [1.807, 2.05) is 15.9 Å². The van der Waals surface area contributed by atoms with E-state index in [1.165, 1.54) is 4.88 Å². The van der Waals surface area contributed by atoms with Crippen LogP contribution in [0.2, 0.25) is 0 Å². The fourth-order valence-electron chi connectivity index (χ4n) is 3.33. The summed E-state index contributed by atoms with van der Waals surface area (Å²) >= 11 is 1.73. The fraction of sp³-hybridized carbons (Fsp3) is 0.389. The molecule has 1 aliphatic carbocycles. The highest BCUT2D eigenvalue weighted by Gasteiger charge is 2.46. The van der Waals surface area contributed by atoms with Crippen LogP contribution >= 0.6 is 11.3 Å². The van der Waals surface area contributed by atoms with Crippen molar-refractivity contribution in [1.82, 2.24) is 14.8 Å². The van der Waals surface area contributed by atoms with Gasteiger partial charge in [-0.25, -0.2) is 0 Å². The second kappa shape index (κ2) is 6.36. The Bertz CT molecular complexity index is 724. The van der Waals surface area contributed by atoms with Crippen LogP contribution in [-0.4, -0.2) is 52.8 Å². The van der Waals surface area contributed by atoms with Gasteiger partial charge in [0.2, 0.25) is 5.91 Å². The minimum Gasteiger partial charge on any atom is -0.339 e. The first-order valence-corrected chi connectivity index (χ1v) is 9.13. The number of pyridine rings is 1. The second-order valence-electron chi connectivity index (χ2n) is 6.32. The predicted molar refractivity (Wildman–Crippen MR) is 91.9 cm³/mol. The third-order valence-corrected chi connectivity index (χ3v) is 5.83. The van der Waals surface area contributed by atoms with E-state index in [1.54, 1.807) is 35.9 Å². The monoisotopic (exact) mass is 341 g/mol. The summed E-state index contributed by atoms with van der Waals surface area (Å²) in [5.41, 5.74) is 0.657. The largest absolute Gasteiger partial charge is 0.339 e. The maximum absolute atomic E-state index is 12.6. The molecule has 2 aromatic heterocycles. The van der Waals surface area contributed by atoms with E-state index in [4.69, 9.17) is 0 Å². The molecule has 2 amide bonds. The molecular weight excluding hydrogens is 322 g/mol. The zero-order chi connectivity index (χ0) is 16.5. The molecule has 0 aromatic carbocycles. The highest BCUT2D eigenvalue weighted by molar-refractivity contribution is 7.10. The van der Waals surface area contributed by atoms with Crippen LogP contribution in [0.5, 0.6) is 0 Å². The summed E-state index contributed by atoms with van der Waals surface area (Å²) in [6.07, 6.45) is 4.23. The number of thiophene rings is 1. The summed E-state index contributed by atoms with van der Waals surface area (Å²) in [4.78, 5) is 34.1. The summed E-state index contributed by atoms with van der Waals surface area (Å²) in [7, 11) is 0. The van der Waals surface area contributed by atoms with Crippen LogP contribution in [0.3, 0.4) is 0 Å². The average molecular weight is 341 g/mol. The van der Waals surface area contributed by atoms with Gasteiger partial charge in [-0.15, -0.1) is 11.3 Å². The van der Waals surface area contributed by atoms with Gasteiger partial charge in [-0.1, -0.05) is 6.07 Å². The smallest absolute Gasteiger partial charge is 0.254 e. The van der Waals surface area contributed by atoms with E-state index in [0.717, 1.165) is 6.42 Å². The van der Waals surface area contributed by atoms with Gasteiger partial charge < -0.3 is 9.80 Å². The highest BCUT2D eigenvalue weighted by Crippen LogP contribution is 2.50. The number of aromatic nitrogens is 1. The number of carbonyl (C=O) groups excluding carboxylic acids is 2. The van der Waals surface area contributed by atoms with Gasteiger partial charge in [0, 0.05) is 60.8 Å². The lowest BCUT2D eigenvalue weighted by Gasteiger charge is -2.35. The number of hydrogen-bond donors (Lipinski definition) is 0. The second-order valence-corrected chi connectivity index (χ2v) is 7.30. The van der Waals surface area contributed by atoms with Gasteiger partial charge in [0.15, 0.2) is 0 Å². The van der Waals surface area contributed by atoms with Gasteiger partial charge in [0.25, 0.3) is 5.91 Å². The summed E-state index contributed by atoms with van der Waals surface area (Å²) in [5, 5.41) is 2.07. The van der Waals surface area contributed by atoms with Gasteiger partial charge in [-0.3, -0.25) is 14.6 Å². The van der Waals surface area contributed by atoms with Crippen LogP contribution in [0.15, 0.2) is 42.0 Å². The molecule has 24 heavy (non-hydrogen) atoms. The molecule has 4 rings (SSSR count). The van der Waals surface area contributed by atoms with Crippen LogP contribution in [0.1, 0.15) is 27.6 Å². The van der Waals surface area contributed by atoms with E-state index in [9.17, 15) is 9.59 Å². The Hall–Kier alpha value is -2.21. The molecule has 2 aromatic rings. The van der Waals surface area contributed by atoms with Gasteiger partial charge in [0.1, 0.15) is 0 Å². The van der Waals surface area contributed by atoms with Gasteiger partial charge in [0.05, 0.1) is 0 Å². The number of piperazine rings is 1. The minimum absolute atomic E-state index is 0.0207.